The SMILES string of the molecule is O[C@@H]1CCCC[C@H]1Nc1nc2ccc(Oc3ccnc(-c4ccc5[nH]ccc5c4)c3)cc2s1. The normalized spacial score (nSPS) is 18.6. The van der Waals surface area contributed by atoms with Crippen molar-refractivity contribution in [3.05, 3.63) is 67.0 Å². The molecule has 5 aromatic rings. The molecule has 7 heteroatoms. The predicted octanol–water partition coefficient (Wildman–Crippen LogP) is 6.35. The monoisotopic (exact) mass is 456 g/mol. The summed E-state index contributed by atoms with van der Waals surface area (Å²) >= 11 is 1.59. The maximum Gasteiger partial charge on any atom is 0.184 e. The Morgan fingerprint density at radius 1 is 1.00 bits per heavy atom. The number of pyridine rings is 1. The van der Waals surface area contributed by atoms with Crippen molar-refractivity contribution < 1.29 is 9.84 Å². The maximum atomic E-state index is 10.2. The molecule has 6 rings (SSSR count). The molecule has 1 saturated carbocycles. The van der Waals surface area contributed by atoms with Crippen molar-refractivity contribution in [2.75, 3.05) is 5.32 Å². The lowest BCUT2D eigenvalue weighted by Gasteiger charge is -2.27. The van der Waals surface area contributed by atoms with Crippen molar-refractivity contribution in [2.24, 2.45) is 0 Å². The molecule has 0 spiro atoms. The topological polar surface area (TPSA) is 83.1 Å². The summed E-state index contributed by atoms with van der Waals surface area (Å²) in [5, 5.41) is 15.7. The molecule has 33 heavy (non-hydrogen) atoms. The van der Waals surface area contributed by atoms with E-state index in [2.05, 4.69) is 39.6 Å². The summed E-state index contributed by atoms with van der Waals surface area (Å²) in [4.78, 5) is 12.4. The summed E-state index contributed by atoms with van der Waals surface area (Å²) in [5.41, 5.74) is 3.95. The summed E-state index contributed by atoms with van der Waals surface area (Å²) < 4.78 is 7.22. The summed E-state index contributed by atoms with van der Waals surface area (Å²) in [6.45, 7) is 0. The number of fused-ring (bicyclic) bond motifs is 2. The molecule has 0 amide bonds. The zero-order valence-electron chi connectivity index (χ0n) is 18.0. The fourth-order valence-corrected chi connectivity index (χ4v) is 5.41. The highest BCUT2D eigenvalue weighted by atomic mass is 32.1. The second-order valence-electron chi connectivity index (χ2n) is 8.51. The largest absolute Gasteiger partial charge is 0.457 e. The minimum absolute atomic E-state index is 0.0794. The number of nitrogens with one attached hydrogen (secondary N) is 2. The molecular formula is C26H24N4O2S. The lowest BCUT2D eigenvalue weighted by atomic mass is 9.93. The van der Waals surface area contributed by atoms with Crippen LogP contribution in [0.1, 0.15) is 25.7 Å². The quantitative estimate of drug-likeness (QED) is 0.287. The van der Waals surface area contributed by atoms with Gasteiger partial charge in [0.15, 0.2) is 5.13 Å². The first-order valence-corrected chi connectivity index (χ1v) is 12.1. The first kappa shape index (κ1) is 20.2. The van der Waals surface area contributed by atoms with E-state index < -0.39 is 0 Å². The predicted molar refractivity (Wildman–Crippen MR) is 133 cm³/mol. The first-order valence-electron chi connectivity index (χ1n) is 11.3. The van der Waals surface area contributed by atoms with Crippen molar-refractivity contribution in [1.82, 2.24) is 15.0 Å². The number of ether oxygens (including phenoxy) is 1. The molecule has 0 saturated heterocycles. The van der Waals surface area contributed by atoms with Gasteiger partial charge in [-0.3, -0.25) is 4.98 Å². The van der Waals surface area contributed by atoms with Crippen LogP contribution in [-0.4, -0.2) is 32.2 Å². The number of hydrogen-bond donors (Lipinski definition) is 3. The summed E-state index contributed by atoms with van der Waals surface area (Å²) in [6.07, 6.45) is 7.48. The van der Waals surface area contributed by atoms with E-state index in [9.17, 15) is 5.11 Å². The van der Waals surface area contributed by atoms with Crippen molar-refractivity contribution in [1.29, 1.82) is 0 Å². The van der Waals surface area contributed by atoms with Crippen molar-refractivity contribution in [3.8, 4) is 22.8 Å². The van der Waals surface area contributed by atoms with Crippen LogP contribution < -0.4 is 10.1 Å². The second kappa shape index (κ2) is 8.50. The van der Waals surface area contributed by atoms with Gasteiger partial charge < -0.3 is 20.1 Å². The van der Waals surface area contributed by atoms with Gasteiger partial charge >= 0.3 is 0 Å². The van der Waals surface area contributed by atoms with Crippen LogP contribution in [0.3, 0.4) is 0 Å². The number of rotatable bonds is 5. The van der Waals surface area contributed by atoms with Crippen LogP contribution in [0.15, 0.2) is 67.0 Å². The van der Waals surface area contributed by atoms with Crippen molar-refractivity contribution in [3.63, 3.8) is 0 Å². The van der Waals surface area contributed by atoms with Gasteiger partial charge in [-0.05, 0) is 49.2 Å². The van der Waals surface area contributed by atoms with Crippen LogP contribution in [0.2, 0.25) is 0 Å². The van der Waals surface area contributed by atoms with Crippen LogP contribution in [0.4, 0.5) is 5.13 Å². The molecule has 0 bridgehead atoms. The molecule has 2 aromatic carbocycles. The Morgan fingerprint density at radius 3 is 2.85 bits per heavy atom. The first-order chi connectivity index (χ1) is 16.2. The van der Waals surface area contributed by atoms with E-state index in [1.807, 2.05) is 36.5 Å². The number of benzene rings is 2. The van der Waals surface area contributed by atoms with Crippen LogP contribution in [0, 0.1) is 0 Å². The highest BCUT2D eigenvalue weighted by molar-refractivity contribution is 7.22. The van der Waals surface area contributed by atoms with Crippen LogP contribution >= 0.6 is 11.3 Å². The molecule has 1 fully saturated rings. The Kier molecular flexibility index (Phi) is 5.20. The number of aromatic nitrogens is 3. The van der Waals surface area contributed by atoms with Gasteiger partial charge in [-0.15, -0.1) is 0 Å². The minimum atomic E-state index is -0.302. The maximum absolute atomic E-state index is 10.2. The molecule has 3 aromatic heterocycles. The number of anilines is 1. The molecular weight excluding hydrogens is 432 g/mol. The number of hydrogen-bond acceptors (Lipinski definition) is 6. The fraction of sp³-hybridized carbons (Fsp3) is 0.231. The fourth-order valence-electron chi connectivity index (χ4n) is 4.45. The lowest BCUT2D eigenvalue weighted by molar-refractivity contribution is 0.116. The Hall–Kier alpha value is -3.42. The molecule has 0 aliphatic heterocycles. The van der Waals surface area contributed by atoms with Gasteiger partial charge in [-0.2, -0.15) is 0 Å². The van der Waals surface area contributed by atoms with E-state index in [1.54, 1.807) is 17.5 Å². The van der Waals surface area contributed by atoms with E-state index in [0.717, 1.165) is 74.7 Å². The van der Waals surface area contributed by atoms with Gasteiger partial charge in [0.05, 0.1) is 28.1 Å². The van der Waals surface area contributed by atoms with Crippen LogP contribution in [0.25, 0.3) is 32.4 Å². The molecule has 1 aliphatic rings. The molecule has 166 valence electrons. The molecule has 0 radical (unpaired) electrons. The average Bonchev–Trinajstić information content (AvgIpc) is 3.46. The average molecular weight is 457 g/mol. The van der Waals surface area contributed by atoms with Crippen molar-refractivity contribution >= 4 is 37.6 Å². The van der Waals surface area contributed by atoms with E-state index in [0.29, 0.717) is 0 Å². The number of aromatic amines is 1. The van der Waals surface area contributed by atoms with E-state index >= 15 is 0 Å². The van der Waals surface area contributed by atoms with Gasteiger partial charge in [-0.25, -0.2) is 4.98 Å². The van der Waals surface area contributed by atoms with Crippen molar-refractivity contribution in [2.45, 2.75) is 37.8 Å². The van der Waals surface area contributed by atoms with Crippen LogP contribution in [0.5, 0.6) is 11.5 Å². The third kappa shape index (κ3) is 4.17. The lowest BCUT2D eigenvalue weighted by Crippen LogP contribution is -2.36. The summed E-state index contributed by atoms with van der Waals surface area (Å²) in [5.74, 6) is 1.50. The zero-order valence-corrected chi connectivity index (χ0v) is 18.8. The van der Waals surface area contributed by atoms with Gasteiger partial charge in [0, 0.05) is 41.0 Å². The summed E-state index contributed by atoms with van der Waals surface area (Å²) in [7, 11) is 0. The number of thiazole rings is 1. The van der Waals surface area contributed by atoms with Gasteiger partial charge in [0.25, 0.3) is 0 Å². The number of nitrogens with zero attached hydrogens (tertiary/aromatic N) is 2. The smallest absolute Gasteiger partial charge is 0.184 e. The molecule has 0 unspecified atom stereocenters. The molecule has 3 N–H and O–H groups in total. The number of aliphatic hydroxyl groups excluding tert-OH is 1. The van der Waals surface area contributed by atoms with Crippen LogP contribution in [-0.2, 0) is 0 Å². The summed E-state index contributed by atoms with van der Waals surface area (Å²) in [6, 6.07) is 18.1. The van der Waals surface area contributed by atoms with E-state index in [-0.39, 0.29) is 12.1 Å². The Balaban J connectivity index is 1.22. The third-order valence-corrected chi connectivity index (χ3v) is 7.16. The van der Waals surface area contributed by atoms with E-state index in [4.69, 9.17) is 9.72 Å². The molecule has 2 atom stereocenters. The Morgan fingerprint density at radius 2 is 1.91 bits per heavy atom. The minimum Gasteiger partial charge on any atom is -0.457 e. The molecule has 1 aliphatic carbocycles. The highest BCUT2D eigenvalue weighted by Crippen LogP contribution is 2.33. The number of aliphatic hydroxyl groups is 1. The molecule has 6 nitrogen and oxygen atoms in total. The van der Waals surface area contributed by atoms with E-state index in [1.165, 1.54) is 0 Å². The van der Waals surface area contributed by atoms with Gasteiger partial charge in [0.1, 0.15) is 11.5 Å². The van der Waals surface area contributed by atoms with Gasteiger partial charge in [0.2, 0.25) is 0 Å². The zero-order chi connectivity index (χ0) is 22.2. The number of H-pyrrole nitrogens is 1. The standard InChI is InChI=1S/C26H24N4O2S/c31-24-4-2-1-3-21(24)29-26-30-22-8-6-18(15-25(22)33-26)32-19-10-12-28-23(14-19)16-5-7-20-17(13-16)9-11-27-20/h5-15,21,24,27,31H,1-4H2,(H,29,30)/t21-,24-/m1/s1. The molecule has 3 heterocycles. The third-order valence-electron chi connectivity index (χ3n) is 6.21. The Labute approximate surface area is 195 Å². The second-order valence-corrected chi connectivity index (χ2v) is 9.54. The van der Waals surface area contributed by atoms with Gasteiger partial charge in [-0.1, -0.05) is 30.2 Å². The Bertz CT molecular complexity index is 1430. The highest BCUT2D eigenvalue weighted by Gasteiger charge is 2.23.